The highest BCUT2D eigenvalue weighted by Gasteiger charge is 2.27. The molecule has 2 amide bonds. The average Bonchev–Trinajstić information content (AvgIpc) is 2.64. The second-order valence-corrected chi connectivity index (χ2v) is 5.84. The first-order chi connectivity index (χ1) is 12.0. The molecule has 3 N–H and O–H groups in total. The third-order valence-corrected chi connectivity index (χ3v) is 4.08. The average molecular weight is 352 g/mol. The monoisotopic (exact) mass is 352 g/mol. The van der Waals surface area contributed by atoms with Gasteiger partial charge in [0.1, 0.15) is 6.61 Å². The van der Waals surface area contributed by atoms with Crippen molar-refractivity contribution in [2.45, 2.75) is 19.4 Å². The summed E-state index contributed by atoms with van der Waals surface area (Å²) < 4.78 is 10.6. The number of hydrogen-bond donors (Lipinski definition) is 3. The largest absolute Gasteiger partial charge is 0.493 e. The van der Waals surface area contributed by atoms with Crippen LogP contribution in [0.4, 0.5) is 4.79 Å². The SMILES string of the molecule is COc1cc(CNC(=O)N2CCCC(C(=O)O)C2)ccc1OCCO. The number of hydrogen-bond acceptors (Lipinski definition) is 5. The fourth-order valence-corrected chi connectivity index (χ4v) is 2.75. The molecule has 0 radical (unpaired) electrons. The van der Waals surface area contributed by atoms with E-state index < -0.39 is 11.9 Å². The Morgan fingerprint density at radius 3 is 2.84 bits per heavy atom. The number of urea groups is 1. The summed E-state index contributed by atoms with van der Waals surface area (Å²) in [4.78, 5) is 24.9. The maximum absolute atomic E-state index is 12.2. The molecule has 138 valence electrons. The van der Waals surface area contributed by atoms with Crippen molar-refractivity contribution in [1.29, 1.82) is 0 Å². The minimum atomic E-state index is -0.860. The van der Waals surface area contributed by atoms with Gasteiger partial charge in [-0.3, -0.25) is 4.79 Å². The van der Waals surface area contributed by atoms with E-state index in [1.807, 2.05) is 0 Å². The van der Waals surface area contributed by atoms with Crippen LogP contribution in [0.1, 0.15) is 18.4 Å². The maximum Gasteiger partial charge on any atom is 0.317 e. The van der Waals surface area contributed by atoms with Crippen molar-refractivity contribution in [1.82, 2.24) is 10.2 Å². The van der Waals surface area contributed by atoms with Crippen molar-refractivity contribution in [3.05, 3.63) is 23.8 Å². The van der Waals surface area contributed by atoms with E-state index in [-0.39, 0.29) is 25.8 Å². The standard InChI is InChI=1S/C17H24N2O6/c1-24-15-9-12(4-5-14(15)25-8-7-20)10-18-17(23)19-6-2-3-13(11-19)16(21)22/h4-5,9,13,20H,2-3,6-8,10-11H2,1H3,(H,18,23)(H,21,22). The molecule has 1 aliphatic rings. The van der Waals surface area contributed by atoms with Crippen LogP contribution in [0.2, 0.25) is 0 Å². The van der Waals surface area contributed by atoms with Gasteiger partial charge in [0.05, 0.1) is 19.6 Å². The Morgan fingerprint density at radius 1 is 1.36 bits per heavy atom. The third kappa shape index (κ3) is 5.25. The second kappa shape index (κ2) is 9.12. The molecule has 1 aromatic rings. The minimum absolute atomic E-state index is 0.0892. The number of ether oxygens (including phenoxy) is 2. The second-order valence-electron chi connectivity index (χ2n) is 5.84. The molecule has 0 aromatic heterocycles. The van der Waals surface area contributed by atoms with Crippen LogP contribution in [0.25, 0.3) is 0 Å². The Bertz CT molecular complexity index is 607. The number of amides is 2. The number of benzene rings is 1. The number of aliphatic hydroxyl groups excluding tert-OH is 1. The lowest BCUT2D eigenvalue weighted by molar-refractivity contribution is -0.143. The lowest BCUT2D eigenvalue weighted by atomic mass is 9.99. The van der Waals surface area contributed by atoms with Crippen LogP contribution >= 0.6 is 0 Å². The predicted octanol–water partition coefficient (Wildman–Crippen LogP) is 1.07. The molecular formula is C17H24N2O6. The zero-order valence-corrected chi connectivity index (χ0v) is 14.2. The Labute approximate surface area is 146 Å². The van der Waals surface area contributed by atoms with Crippen molar-refractivity contribution < 1.29 is 29.3 Å². The van der Waals surface area contributed by atoms with Crippen LogP contribution in [-0.4, -0.2) is 60.5 Å². The zero-order chi connectivity index (χ0) is 18.2. The molecule has 1 heterocycles. The van der Waals surface area contributed by atoms with Gasteiger partial charge in [-0.05, 0) is 30.5 Å². The van der Waals surface area contributed by atoms with Crippen LogP contribution in [0.15, 0.2) is 18.2 Å². The number of carbonyl (C=O) groups excluding carboxylic acids is 1. The smallest absolute Gasteiger partial charge is 0.317 e. The topological polar surface area (TPSA) is 108 Å². The summed E-state index contributed by atoms with van der Waals surface area (Å²) in [7, 11) is 1.52. The summed E-state index contributed by atoms with van der Waals surface area (Å²) in [6.45, 7) is 1.18. The molecule has 1 aromatic carbocycles. The number of methoxy groups -OCH3 is 1. The van der Waals surface area contributed by atoms with E-state index >= 15 is 0 Å². The predicted molar refractivity (Wildman–Crippen MR) is 89.7 cm³/mol. The van der Waals surface area contributed by atoms with Crippen LogP contribution < -0.4 is 14.8 Å². The molecule has 25 heavy (non-hydrogen) atoms. The molecule has 0 bridgehead atoms. The normalized spacial score (nSPS) is 17.0. The molecule has 8 nitrogen and oxygen atoms in total. The molecule has 8 heteroatoms. The van der Waals surface area contributed by atoms with Gasteiger partial charge >= 0.3 is 12.0 Å². The van der Waals surface area contributed by atoms with E-state index in [9.17, 15) is 9.59 Å². The summed E-state index contributed by atoms with van der Waals surface area (Å²) in [6.07, 6.45) is 1.29. The Hall–Kier alpha value is -2.48. The van der Waals surface area contributed by atoms with Crippen molar-refractivity contribution in [3.63, 3.8) is 0 Å². The summed E-state index contributed by atoms with van der Waals surface area (Å²) >= 11 is 0. The van der Waals surface area contributed by atoms with E-state index in [4.69, 9.17) is 19.7 Å². The van der Waals surface area contributed by atoms with Crippen molar-refractivity contribution in [2.24, 2.45) is 5.92 Å². The van der Waals surface area contributed by atoms with Gasteiger partial charge in [-0.1, -0.05) is 6.07 Å². The van der Waals surface area contributed by atoms with E-state index in [1.165, 1.54) is 12.0 Å². The van der Waals surface area contributed by atoms with E-state index in [0.29, 0.717) is 37.4 Å². The number of carboxylic acid groups (broad SMARTS) is 1. The molecule has 1 atom stereocenters. The summed E-state index contributed by atoms with van der Waals surface area (Å²) in [5, 5.41) is 20.7. The van der Waals surface area contributed by atoms with Gasteiger partial charge in [0.25, 0.3) is 0 Å². The molecule has 1 fully saturated rings. The molecule has 1 saturated heterocycles. The van der Waals surface area contributed by atoms with E-state index in [1.54, 1.807) is 18.2 Å². The van der Waals surface area contributed by atoms with Gasteiger partial charge in [-0.15, -0.1) is 0 Å². The van der Waals surface area contributed by atoms with Gasteiger partial charge in [0, 0.05) is 19.6 Å². The first-order valence-electron chi connectivity index (χ1n) is 8.21. The number of piperidine rings is 1. The number of nitrogens with zero attached hydrogens (tertiary/aromatic N) is 1. The highest BCUT2D eigenvalue weighted by Crippen LogP contribution is 2.28. The first-order valence-corrected chi connectivity index (χ1v) is 8.21. The molecule has 0 aliphatic carbocycles. The fraction of sp³-hybridized carbons (Fsp3) is 0.529. The third-order valence-electron chi connectivity index (χ3n) is 4.08. The Balaban J connectivity index is 1.91. The van der Waals surface area contributed by atoms with Crippen LogP contribution in [-0.2, 0) is 11.3 Å². The number of carboxylic acids is 1. The summed E-state index contributed by atoms with van der Waals surface area (Å²) in [5.74, 6) is -0.320. The van der Waals surface area contributed by atoms with Gasteiger partial charge in [0.15, 0.2) is 11.5 Å². The first kappa shape index (κ1) is 18.9. The van der Waals surface area contributed by atoms with Crippen molar-refractivity contribution in [3.8, 4) is 11.5 Å². The molecular weight excluding hydrogens is 328 g/mol. The number of rotatable bonds is 7. The number of nitrogens with one attached hydrogen (secondary N) is 1. The fourth-order valence-electron chi connectivity index (χ4n) is 2.75. The molecule has 0 spiro atoms. The Morgan fingerprint density at radius 2 is 2.16 bits per heavy atom. The zero-order valence-electron chi connectivity index (χ0n) is 14.2. The van der Waals surface area contributed by atoms with Crippen LogP contribution in [0, 0.1) is 5.92 Å². The van der Waals surface area contributed by atoms with Crippen molar-refractivity contribution in [2.75, 3.05) is 33.4 Å². The maximum atomic E-state index is 12.2. The number of carbonyl (C=O) groups is 2. The van der Waals surface area contributed by atoms with Gasteiger partial charge in [0.2, 0.25) is 0 Å². The van der Waals surface area contributed by atoms with Crippen LogP contribution in [0.5, 0.6) is 11.5 Å². The molecule has 2 rings (SSSR count). The van der Waals surface area contributed by atoms with Gasteiger partial charge in [-0.25, -0.2) is 4.79 Å². The van der Waals surface area contributed by atoms with Crippen LogP contribution in [0.3, 0.4) is 0 Å². The van der Waals surface area contributed by atoms with Gasteiger partial charge in [-0.2, -0.15) is 0 Å². The Kier molecular flexibility index (Phi) is 6.88. The number of likely N-dealkylation sites (tertiary alicyclic amines) is 1. The highest BCUT2D eigenvalue weighted by molar-refractivity contribution is 5.76. The minimum Gasteiger partial charge on any atom is -0.493 e. The van der Waals surface area contributed by atoms with Gasteiger partial charge < -0.3 is 29.9 Å². The molecule has 1 aliphatic heterocycles. The number of aliphatic carboxylic acids is 1. The molecule has 1 unspecified atom stereocenters. The van der Waals surface area contributed by atoms with E-state index in [0.717, 1.165) is 5.56 Å². The lowest BCUT2D eigenvalue weighted by Gasteiger charge is -2.30. The summed E-state index contributed by atoms with van der Waals surface area (Å²) in [6, 6.07) is 5.00. The summed E-state index contributed by atoms with van der Waals surface area (Å²) in [5.41, 5.74) is 0.827. The lowest BCUT2D eigenvalue weighted by Crippen LogP contribution is -2.46. The van der Waals surface area contributed by atoms with Crippen molar-refractivity contribution >= 4 is 12.0 Å². The number of aliphatic hydroxyl groups is 1. The van der Waals surface area contributed by atoms with E-state index in [2.05, 4.69) is 5.32 Å². The highest BCUT2D eigenvalue weighted by atomic mass is 16.5. The molecule has 0 saturated carbocycles. The quantitative estimate of drug-likeness (QED) is 0.677.